The Bertz CT molecular complexity index is 335. The Kier molecular flexibility index (Phi) is 6.44. The van der Waals surface area contributed by atoms with Crippen molar-refractivity contribution in [3.8, 4) is 5.75 Å². The molecule has 0 aliphatic heterocycles. The molecule has 17 heavy (non-hydrogen) atoms. The summed E-state index contributed by atoms with van der Waals surface area (Å²) < 4.78 is 36.9. The first-order chi connectivity index (χ1) is 8.19. The van der Waals surface area contributed by atoms with Crippen LogP contribution in [-0.2, 0) is 10.1 Å². The van der Waals surface area contributed by atoms with Gasteiger partial charge < -0.3 is 9.47 Å². The van der Waals surface area contributed by atoms with E-state index in [0.29, 0.717) is 23.9 Å². The number of hydrogen-bond acceptors (Lipinski definition) is 2. The number of benzene rings is 1. The maximum atomic E-state index is 13.5. The third-order valence-corrected chi connectivity index (χ3v) is 2.85. The maximum absolute atomic E-state index is 13.5. The topological polar surface area (TPSA) is 18.5 Å². The van der Waals surface area contributed by atoms with E-state index in [2.05, 4.69) is 15.9 Å². The first-order valence-corrected chi connectivity index (χ1v) is 6.46. The quantitative estimate of drug-likeness (QED) is 0.565. The van der Waals surface area contributed by atoms with Gasteiger partial charge in [-0.2, -0.15) is 0 Å². The van der Waals surface area contributed by atoms with Crippen molar-refractivity contribution in [3.05, 3.63) is 29.3 Å². The Morgan fingerprint density at radius 2 is 1.71 bits per heavy atom. The van der Waals surface area contributed by atoms with Gasteiger partial charge in [0.1, 0.15) is 0 Å². The highest BCUT2D eigenvalue weighted by molar-refractivity contribution is 9.08. The van der Waals surface area contributed by atoms with Crippen LogP contribution >= 0.6 is 15.9 Å². The molecular weight excluding hydrogens is 294 g/mol. The molecule has 0 atom stereocenters. The number of rotatable bonds is 7. The fourth-order valence-corrected chi connectivity index (χ4v) is 1.67. The zero-order chi connectivity index (χ0) is 12.7. The van der Waals surface area contributed by atoms with E-state index >= 15 is 0 Å². The van der Waals surface area contributed by atoms with Crippen molar-refractivity contribution in [2.24, 2.45) is 0 Å². The van der Waals surface area contributed by atoms with Crippen molar-refractivity contribution >= 4 is 15.9 Å². The van der Waals surface area contributed by atoms with Crippen LogP contribution < -0.4 is 4.74 Å². The molecule has 5 heteroatoms. The van der Waals surface area contributed by atoms with Gasteiger partial charge in [0, 0.05) is 19.0 Å². The first kappa shape index (κ1) is 14.4. The summed E-state index contributed by atoms with van der Waals surface area (Å²) in [4.78, 5) is 0. The van der Waals surface area contributed by atoms with Gasteiger partial charge in [0.2, 0.25) is 0 Å². The Labute approximate surface area is 108 Å². The molecule has 0 unspecified atom stereocenters. The summed E-state index contributed by atoms with van der Waals surface area (Å²) in [6, 6.07) is 2.53. The van der Waals surface area contributed by atoms with Gasteiger partial charge in [0.15, 0.2) is 17.4 Å². The second-order valence-corrected chi connectivity index (χ2v) is 4.13. The smallest absolute Gasteiger partial charge is 0.190 e. The molecule has 0 saturated heterocycles. The third kappa shape index (κ3) is 4.60. The zero-order valence-electron chi connectivity index (χ0n) is 9.64. The lowest BCUT2D eigenvalue weighted by atomic mass is 10.2. The molecule has 1 rings (SSSR count). The molecule has 0 radical (unpaired) electrons. The van der Waals surface area contributed by atoms with Crippen LogP contribution in [0.3, 0.4) is 0 Å². The minimum absolute atomic E-state index is 0.283. The molecule has 0 aromatic heterocycles. The summed E-state index contributed by atoms with van der Waals surface area (Å²) >= 11 is 3.14. The van der Waals surface area contributed by atoms with E-state index in [1.165, 1.54) is 12.1 Å². The molecule has 0 amide bonds. The van der Waals surface area contributed by atoms with Crippen LogP contribution in [-0.4, -0.2) is 20.3 Å². The summed E-state index contributed by atoms with van der Waals surface area (Å²) in [5.41, 5.74) is 0.548. The van der Waals surface area contributed by atoms with Crippen molar-refractivity contribution in [1.29, 1.82) is 0 Å². The molecule has 2 nitrogen and oxygen atoms in total. The highest BCUT2D eigenvalue weighted by Gasteiger charge is 2.12. The second kappa shape index (κ2) is 7.61. The van der Waals surface area contributed by atoms with Crippen LogP contribution in [0.15, 0.2) is 12.1 Å². The molecular formula is C12H15BrF2O2. The van der Waals surface area contributed by atoms with Crippen molar-refractivity contribution in [2.75, 3.05) is 20.3 Å². The van der Waals surface area contributed by atoms with Gasteiger partial charge in [-0.25, -0.2) is 8.78 Å². The van der Waals surface area contributed by atoms with E-state index in [0.717, 1.165) is 6.42 Å². The lowest BCUT2D eigenvalue weighted by Crippen LogP contribution is -2.03. The van der Waals surface area contributed by atoms with E-state index in [1.807, 2.05) is 0 Å². The van der Waals surface area contributed by atoms with Gasteiger partial charge in [-0.1, -0.05) is 15.9 Å². The summed E-state index contributed by atoms with van der Waals surface area (Å²) in [5.74, 6) is -1.62. The van der Waals surface area contributed by atoms with Crippen LogP contribution in [0.25, 0.3) is 0 Å². The van der Waals surface area contributed by atoms with E-state index < -0.39 is 11.6 Å². The highest BCUT2D eigenvalue weighted by atomic mass is 79.9. The van der Waals surface area contributed by atoms with Gasteiger partial charge in [0.05, 0.1) is 6.61 Å². The van der Waals surface area contributed by atoms with Crippen molar-refractivity contribution in [3.63, 3.8) is 0 Å². The molecule has 0 aliphatic rings. The number of alkyl halides is 1. The Morgan fingerprint density at radius 1 is 1.12 bits per heavy atom. The van der Waals surface area contributed by atoms with Gasteiger partial charge in [-0.15, -0.1) is 0 Å². The van der Waals surface area contributed by atoms with Gasteiger partial charge >= 0.3 is 0 Å². The lowest BCUT2D eigenvalue weighted by molar-refractivity contribution is 0.182. The molecule has 0 spiro atoms. The minimum atomic E-state index is -0.661. The summed E-state index contributed by atoms with van der Waals surface area (Å²) in [7, 11) is 1.61. The summed E-state index contributed by atoms with van der Waals surface area (Å²) in [5, 5.41) is 0.412. The predicted octanol–water partition coefficient (Wildman–Crippen LogP) is 3.67. The maximum Gasteiger partial charge on any atom is 0.190 e. The fraction of sp³-hybridized carbons (Fsp3) is 0.500. The van der Waals surface area contributed by atoms with E-state index in [-0.39, 0.29) is 12.4 Å². The van der Waals surface area contributed by atoms with Crippen molar-refractivity contribution < 1.29 is 18.3 Å². The minimum Gasteiger partial charge on any atom is -0.488 e. The molecule has 0 N–H and O–H groups in total. The average Bonchev–Trinajstić information content (AvgIpc) is 2.31. The normalized spacial score (nSPS) is 10.6. The van der Waals surface area contributed by atoms with Crippen molar-refractivity contribution in [1.82, 2.24) is 0 Å². The number of hydrogen-bond donors (Lipinski definition) is 0. The first-order valence-electron chi connectivity index (χ1n) is 5.34. The second-order valence-electron chi connectivity index (χ2n) is 3.57. The average molecular weight is 309 g/mol. The van der Waals surface area contributed by atoms with E-state index in [1.54, 1.807) is 7.11 Å². The molecule has 0 aliphatic carbocycles. The molecule has 1 aromatic rings. The molecule has 0 bridgehead atoms. The lowest BCUT2D eigenvalue weighted by Gasteiger charge is -2.09. The SMILES string of the molecule is COCCCCOc1c(F)cc(CBr)cc1F. The Morgan fingerprint density at radius 3 is 2.24 bits per heavy atom. The standard InChI is InChI=1S/C12H15BrF2O2/c1-16-4-2-3-5-17-12-10(14)6-9(8-13)7-11(12)15/h6-7H,2-5,8H2,1H3. The van der Waals surface area contributed by atoms with E-state index in [4.69, 9.17) is 9.47 Å². The van der Waals surface area contributed by atoms with Gasteiger partial charge in [0.25, 0.3) is 0 Å². The van der Waals surface area contributed by atoms with Crippen LogP contribution in [0, 0.1) is 11.6 Å². The largest absolute Gasteiger partial charge is 0.488 e. The van der Waals surface area contributed by atoms with Crippen LogP contribution in [0.5, 0.6) is 5.75 Å². The zero-order valence-corrected chi connectivity index (χ0v) is 11.2. The van der Waals surface area contributed by atoms with Crippen LogP contribution in [0.2, 0.25) is 0 Å². The molecule has 96 valence electrons. The number of ether oxygens (including phenoxy) is 2. The third-order valence-electron chi connectivity index (χ3n) is 2.20. The van der Waals surface area contributed by atoms with Gasteiger partial charge in [-0.3, -0.25) is 0 Å². The van der Waals surface area contributed by atoms with E-state index in [9.17, 15) is 8.78 Å². The molecule has 1 aromatic carbocycles. The van der Waals surface area contributed by atoms with Crippen LogP contribution in [0.1, 0.15) is 18.4 Å². The monoisotopic (exact) mass is 308 g/mol. The van der Waals surface area contributed by atoms with Crippen molar-refractivity contribution in [2.45, 2.75) is 18.2 Å². The molecule has 0 fully saturated rings. The number of methoxy groups -OCH3 is 1. The molecule has 0 heterocycles. The highest BCUT2D eigenvalue weighted by Crippen LogP contribution is 2.24. The predicted molar refractivity (Wildman–Crippen MR) is 65.6 cm³/mol. The Hall–Kier alpha value is -0.680. The summed E-state index contributed by atoms with van der Waals surface area (Å²) in [6.45, 7) is 0.904. The number of halogens is 3. The molecule has 0 saturated carbocycles. The van der Waals surface area contributed by atoms with Crippen LogP contribution in [0.4, 0.5) is 8.78 Å². The summed E-state index contributed by atoms with van der Waals surface area (Å²) in [6.07, 6.45) is 1.51. The van der Waals surface area contributed by atoms with Gasteiger partial charge in [-0.05, 0) is 30.5 Å². The Balaban J connectivity index is 2.53. The fourth-order valence-electron chi connectivity index (χ4n) is 1.35. The number of unbranched alkanes of at least 4 members (excludes halogenated alkanes) is 1.